The van der Waals surface area contributed by atoms with Crippen LogP contribution in [-0.4, -0.2) is 12.0 Å². The van der Waals surface area contributed by atoms with Gasteiger partial charge < -0.3 is 10.1 Å². The van der Waals surface area contributed by atoms with Crippen molar-refractivity contribution in [2.24, 2.45) is 0 Å². The van der Waals surface area contributed by atoms with Crippen LogP contribution in [0.15, 0.2) is 42.5 Å². The molecule has 3 nitrogen and oxygen atoms in total. The Morgan fingerprint density at radius 3 is 2.09 bits per heavy atom. The predicted octanol–water partition coefficient (Wildman–Crippen LogP) is 5.52. The molecule has 0 aliphatic rings. The highest BCUT2D eigenvalue weighted by atomic mass is 35.5. The second kappa shape index (κ2) is 7.71. The minimum atomic E-state index is -0.674. The van der Waals surface area contributed by atoms with E-state index in [1.165, 1.54) is 5.56 Å². The van der Waals surface area contributed by atoms with E-state index in [1.807, 2.05) is 24.3 Å². The topological polar surface area (TPSA) is 38.3 Å². The summed E-state index contributed by atoms with van der Waals surface area (Å²) in [6.45, 7) is 5.93. The predicted molar refractivity (Wildman–Crippen MR) is 95.7 cm³/mol. The van der Waals surface area contributed by atoms with E-state index in [9.17, 15) is 4.79 Å². The van der Waals surface area contributed by atoms with Crippen LogP contribution in [0.3, 0.4) is 0 Å². The second-order valence-corrected chi connectivity index (χ2v) is 6.38. The number of carbonyl (C=O) groups is 1. The molecule has 122 valence electrons. The molecule has 1 atom stereocenters. The molecule has 1 amide bonds. The van der Waals surface area contributed by atoms with Gasteiger partial charge in [-0.25, -0.2) is 0 Å². The largest absolute Gasteiger partial charge is 0.481 e. The molecule has 0 saturated heterocycles. The van der Waals surface area contributed by atoms with Crippen molar-refractivity contribution in [3.05, 3.63) is 58.1 Å². The summed E-state index contributed by atoms with van der Waals surface area (Å²) < 4.78 is 5.66. The Balaban J connectivity index is 2.02. The van der Waals surface area contributed by atoms with Crippen LogP contribution in [0.4, 0.5) is 5.69 Å². The number of nitrogens with one attached hydrogen (secondary N) is 1. The molecule has 23 heavy (non-hydrogen) atoms. The highest BCUT2D eigenvalue weighted by Gasteiger charge is 2.17. The number of amides is 1. The second-order valence-electron chi connectivity index (χ2n) is 5.57. The van der Waals surface area contributed by atoms with Crippen molar-refractivity contribution in [3.63, 3.8) is 0 Å². The van der Waals surface area contributed by atoms with Gasteiger partial charge in [0.15, 0.2) is 6.10 Å². The van der Waals surface area contributed by atoms with E-state index < -0.39 is 6.10 Å². The molecule has 2 aromatic rings. The summed E-state index contributed by atoms with van der Waals surface area (Å²) >= 11 is 12.1. The Kier molecular flexibility index (Phi) is 5.91. The van der Waals surface area contributed by atoms with E-state index >= 15 is 0 Å². The van der Waals surface area contributed by atoms with Gasteiger partial charge in [0, 0.05) is 0 Å². The summed E-state index contributed by atoms with van der Waals surface area (Å²) in [5.74, 6) is 0.780. The lowest BCUT2D eigenvalue weighted by Crippen LogP contribution is -2.30. The maximum absolute atomic E-state index is 12.2. The summed E-state index contributed by atoms with van der Waals surface area (Å²) in [5.41, 5.74) is 1.61. The minimum Gasteiger partial charge on any atom is -0.481 e. The Labute approximate surface area is 146 Å². The normalized spacial score (nSPS) is 12.1. The number of para-hydroxylation sites is 1. The number of ether oxygens (including phenoxy) is 1. The zero-order valence-electron chi connectivity index (χ0n) is 13.3. The van der Waals surface area contributed by atoms with E-state index in [1.54, 1.807) is 25.1 Å². The first-order chi connectivity index (χ1) is 10.9. The third-order valence-electron chi connectivity index (χ3n) is 3.44. The lowest BCUT2D eigenvalue weighted by molar-refractivity contribution is -0.122. The Bertz CT molecular complexity index is 664. The Morgan fingerprint density at radius 1 is 1.00 bits per heavy atom. The summed E-state index contributed by atoms with van der Waals surface area (Å²) in [7, 11) is 0. The number of benzene rings is 2. The van der Waals surface area contributed by atoms with Crippen molar-refractivity contribution in [3.8, 4) is 5.75 Å². The van der Waals surface area contributed by atoms with Gasteiger partial charge >= 0.3 is 0 Å². The van der Waals surface area contributed by atoms with Gasteiger partial charge in [0.1, 0.15) is 5.75 Å². The molecule has 0 aliphatic carbocycles. The van der Waals surface area contributed by atoms with Gasteiger partial charge in [0.25, 0.3) is 5.91 Å². The molecule has 1 N–H and O–H groups in total. The molecule has 0 saturated carbocycles. The van der Waals surface area contributed by atoms with E-state index in [4.69, 9.17) is 27.9 Å². The molecule has 0 bridgehead atoms. The third-order valence-corrected chi connectivity index (χ3v) is 4.07. The number of anilines is 1. The molecule has 0 aliphatic heterocycles. The van der Waals surface area contributed by atoms with E-state index in [0.29, 0.717) is 27.4 Å². The van der Waals surface area contributed by atoms with Crippen LogP contribution < -0.4 is 10.1 Å². The highest BCUT2D eigenvalue weighted by molar-refractivity contribution is 6.39. The van der Waals surface area contributed by atoms with Crippen LogP contribution in [0.1, 0.15) is 32.3 Å². The molecule has 2 rings (SSSR count). The molecule has 5 heteroatoms. The van der Waals surface area contributed by atoms with Gasteiger partial charge in [-0.1, -0.05) is 55.2 Å². The number of rotatable bonds is 5. The standard InChI is InChI=1S/C18H19Cl2NO2/c1-11(2)13-7-9-14(10-8-13)23-12(3)18(22)21-17-15(19)5-4-6-16(17)20/h4-12H,1-3H3,(H,21,22). The lowest BCUT2D eigenvalue weighted by atomic mass is 10.0. The minimum absolute atomic E-state index is 0.312. The number of hydrogen-bond donors (Lipinski definition) is 1. The van der Waals surface area contributed by atoms with E-state index in [2.05, 4.69) is 19.2 Å². The Morgan fingerprint density at radius 2 is 1.57 bits per heavy atom. The van der Waals surface area contributed by atoms with Crippen molar-refractivity contribution in [1.82, 2.24) is 0 Å². The SMILES string of the molecule is CC(Oc1ccc(C(C)C)cc1)C(=O)Nc1c(Cl)cccc1Cl. The molecule has 1 unspecified atom stereocenters. The van der Waals surface area contributed by atoms with Crippen molar-refractivity contribution in [2.45, 2.75) is 32.8 Å². The first-order valence-corrected chi connectivity index (χ1v) is 8.15. The quantitative estimate of drug-likeness (QED) is 0.769. The molecule has 2 aromatic carbocycles. The number of hydrogen-bond acceptors (Lipinski definition) is 2. The molecule has 0 fully saturated rings. The van der Waals surface area contributed by atoms with E-state index in [-0.39, 0.29) is 5.91 Å². The van der Waals surface area contributed by atoms with Crippen LogP contribution >= 0.6 is 23.2 Å². The van der Waals surface area contributed by atoms with E-state index in [0.717, 1.165) is 0 Å². The first-order valence-electron chi connectivity index (χ1n) is 7.40. The van der Waals surface area contributed by atoms with Gasteiger partial charge in [0.05, 0.1) is 15.7 Å². The lowest BCUT2D eigenvalue weighted by Gasteiger charge is -2.16. The van der Waals surface area contributed by atoms with Crippen molar-refractivity contribution < 1.29 is 9.53 Å². The van der Waals surface area contributed by atoms with Gasteiger partial charge in [0.2, 0.25) is 0 Å². The van der Waals surface area contributed by atoms with Gasteiger partial charge in [-0.15, -0.1) is 0 Å². The highest BCUT2D eigenvalue weighted by Crippen LogP contribution is 2.30. The van der Waals surface area contributed by atoms with Gasteiger partial charge in [-0.2, -0.15) is 0 Å². The van der Waals surface area contributed by atoms with Crippen LogP contribution in [0.2, 0.25) is 10.0 Å². The van der Waals surface area contributed by atoms with Crippen molar-refractivity contribution in [1.29, 1.82) is 0 Å². The monoisotopic (exact) mass is 351 g/mol. The average Bonchev–Trinajstić information content (AvgIpc) is 2.51. The fourth-order valence-corrected chi connectivity index (χ4v) is 2.52. The zero-order valence-corrected chi connectivity index (χ0v) is 14.8. The maximum atomic E-state index is 12.2. The summed E-state index contributed by atoms with van der Waals surface area (Å²) in [6, 6.07) is 12.8. The summed E-state index contributed by atoms with van der Waals surface area (Å²) in [4.78, 5) is 12.2. The van der Waals surface area contributed by atoms with Crippen LogP contribution in [0, 0.1) is 0 Å². The molecule has 0 spiro atoms. The molecule has 0 radical (unpaired) electrons. The van der Waals surface area contributed by atoms with Crippen molar-refractivity contribution in [2.75, 3.05) is 5.32 Å². The molecular formula is C18H19Cl2NO2. The van der Waals surface area contributed by atoms with Gasteiger partial charge in [-0.3, -0.25) is 4.79 Å². The average molecular weight is 352 g/mol. The maximum Gasteiger partial charge on any atom is 0.265 e. The molecular weight excluding hydrogens is 333 g/mol. The smallest absolute Gasteiger partial charge is 0.265 e. The van der Waals surface area contributed by atoms with Crippen LogP contribution in [0.25, 0.3) is 0 Å². The van der Waals surface area contributed by atoms with Gasteiger partial charge in [-0.05, 0) is 42.7 Å². The fraction of sp³-hybridized carbons (Fsp3) is 0.278. The summed E-state index contributed by atoms with van der Waals surface area (Å²) in [5, 5.41) is 3.48. The van der Waals surface area contributed by atoms with Crippen LogP contribution in [0.5, 0.6) is 5.75 Å². The molecule has 0 aromatic heterocycles. The zero-order chi connectivity index (χ0) is 17.0. The first kappa shape index (κ1) is 17.6. The Hall–Kier alpha value is -1.71. The number of carbonyl (C=O) groups excluding carboxylic acids is 1. The number of halogens is 2. The fourth-order valence-electron chi connectivity index (χ4n) is 2.03. The summed E-state index contributed by atoms with van der Waals surface area (Å²) in [6.07, 6.45) is -0.674. The van der Waals surface area contributed by atoms with Crippen LogP contribution in [-0.2, 0) is 4.79 Å². The van der Waals surface area contributed by atoms with Crippen molar-refractivity contribution >= 4 is 34.8 Å². The third kappa shape index (κ3) is 4.63. The molecule has 0 heterocycles.